The molecular formula is C20H21BrN2O5S2. The zero-order valence-corrected chi connectivity index (χ0v) is 19.4. The number of pyridine rings is 1. The number of hydrogen-bond donors (Lipinski definition) is 4. The maximum Gasteiger partial charge on any atom is 0.138 e. The van der Waals surface area contributed by atoms with Gasteiger partial charge in [0.05, 0.1) is 16.6 Å². The molecule has 1 aliphatic heterocycles. The van der Waals surface area contributed by atoms with Crippen LogP contribution >= 0.6 is 39.5 Å². The van der Waals surface area contributed by atoms with Gasteiger partial charge in [-0.25, -0.2) is 4.98 Å². The Kier molecular flexibility index (Phi) is 7.81. The normalized spacial score (nSPS) is 26.4. The van der Waals surface area contributed by atoms with Crippen LogP contribution in [0.25, 0.3) is 11.1 Å². The first kappa shape index (κ1) is 23.5. The molecule has 0 amide bonds. The second-order valence-corrected chi connectivity index (χ2v) is 9.46. The fourth-order valence-electron chi connectivity index (χ4n) is 3.11. The van der Waals surface area contributed by atoms with E-state index in [4.69, 9.17) is 4.74 Å². The Morgan fingerprint density at radius 3 is 2.37 bits per heavy atom. The second kappa shape index (κ2) is 9.97. The first-order chi connectivity index (χ1) is 14.3. The lowest BCUT2D eigenvalue weighted by Gasteiger charge is -2.39. The Morgan fingerprint density at radius 2 is 1.80 bits per heavy atom. The van der Waals surface area contributed by atoms with Crippen LogP contribution in [0.5, 0.6) is 0 Å². The molecule has 10 heteroatoms. The fourth-order valence-corrected chi connectivity index (χ4v) is 5.76. The van der Waals surface area contributed by atoms with Crippen molar-refractivity contribution in [2.75, 3.05) is 12.9 Å². The summed E-state index contributed by atoms with van der Waals surface area (Å²) >= 11 is 5.94. The Balaban J connectivity index is 2.08. The van der Waals surface area contributed by atoms with E-state index < -0.39 is 36.5 Å². The molecule has 5 unspecified atom stereocenters. The van der Waals surface area contributed by atoms with E-state index in [1.54, 1.807) is 0 Å². The number of rotatable bonds is 5. The van der Waals surface area contributed by atoms with Crippen LogP contribution in [0.15, 0.2) is 38.8 Å². The first-order valence-corrected chi connectivity index (χ1v) is 11.9. The Hall–Kier alpha value is -1.16. The number of benzene rings is 1. The van der Waals surface area contributed by atoms with Crippen LogP contribution in [0.1, 0.15) is 11.1 Å². The molecule has 5 atom stereocenters. The van der Waals surface area contributed by atoms with Crippen molar-refractivity contribution in [2.24, 2.45) is 0 Å². The van der Waals surface area contributed by atoms with E-state index in [-0.39, 0.29) is 0 Å². The molecule has 1 fully saturated rings. The van der Waals surface area contributed by atoms with E-state index in [0.29, 0.717) is 25.7 Å². The highest BCUT2D eigenvalue weighted by molar-refractivity contribution is 9.10. The zero-order chi connectivity index (χ0) is 22.0. The van der Waals surface area contributed by atoms with Crippen LogP contribution in [0.2, 0.25) is 0 Å². The van der Waals surface area contributed by atoms with Crippen molar-refractivity contribution >= 4 is 39.5 Å². The maximum atomic E-state index is 10.4. The molecule has 3 rings (SSSR count). The van der Waals surface area contributed by atoms with Gasteiger partial charge in [0.1, 0.15) is 46.0 Å². The lowest BCUT2D eigenvalue weighted by molar-refractivity contribution is -0.205. The molecule has 30 heavy (non-hydrogen) atoms. The average Bonchev–Trinajstić information content (AvgIpc) is 2.75. The van der Waals surface area contributed by atoms with Gasteiger partial charge in [0, 0.05) is 5.56 Å². The predicted molar refractivity (Wildman–Crippen MR) is 118 cm³/mol. The van der Waals surface area contributed by atoms with E-state index in [1.165, 1.54) is 11.8 Å². The first-order valence-electron chi connectivity index (χ1n) is 9.04. The topological polar surface area (TPSA) is 127 Å². The van der Waals surface area contributed by atoms with Gasteiger partial charge in [0.25, 0.3) is 0 Å². The number of aliphatic hydroxyl groups is 4. The number of aliphatic hydroxyl groups excluding tert-OH is 4. The SMILES string of the molecule is CSc1nc(SC2OC(CO)C(O)C(O)C2O)c(C#N)c(-c2ccc(C)cc2)c1Br. The highest BCUT2D eigenvalue weighted by Gasteiger charge is 2.44. The van der Waals surface area contributed by atoms with Crippen molar-refractivity contribution in [1.29, 1.82) is 5.26 Å². The number of halogens is 1. The molecule has 0 spiro atoms. The third-order valence-electron chi connectivity index (χ3n) is 4.80. The fraction of sp³-hybridized carbons (Fsp3) is 0.400. The summed E-state index contributed by atoms with van der Waals surface area (Å²) in [6.07, 6.45) is -3.53. The number of aromatic nitrogens is 1. The summed E-state index contributed by atoms with van der Waals surface area (Å²) in [5.41, 5.74) is 1.86. The average molecular weight is 513 g/mol. The number of nitrogens with zero attached hydrogens (tertiary/aromatic N) is 2. The third kappa shape index (κ3) is 4.54. The molecule has 160 valence electrons. The van der Waals surface area contributed by atoms with E-state index in [9.17, 15) is 25.7 Å². The lowest BCUT2D eigenvalue weighted by atomic mass is 10.0. The number of thioether (sulfide) groups is 2. The monoisotopic (exact) mass is 512 g/mol. The Bertz CT molecular complexity index is 952. The van der Waals surface area contributed by atoms with Crippen LogP contribution < -0.4 is 0 Å². The quantitative estimate of drug-likeness (QED) is 0.446. The van der Waals surface area contributed by atoms with Gasteiger partial charge in [-0.05, 0) is 34.7 Å². The van der Waals surface area contributed by atoms with Gasteiger partial charge >= 0.3 is 0 Å². The third-order valence-corrected chi connectivity index (χ3v) is 7.65. The smallest absolute Gasteiger partial charge is 0.138 e. The van der Waals surface area contributed by atoms with Crippen molar-refractivity contribution in [3.05, 3.63) is 39.9 Å². The van der Waals surface area contributed by atoms with Crippen molar-refractivity contribution in [2.45, 2.75) is 46.8 Å². The highest BCUT2D eigenvalue weighted by Crippen LogP contribution is 2.43. The molecule has 1 aromatic carbocycles. The molecule has 0 bridgehead atoms. The summed E-state index contributed by atoms with van der Waals surface area (Å²) in [7, 11) is 0. The minimum absolute atomic E-state index is 0.297. The Morgan fingerprint density at radius 1 is 1.13 bits per heavy atom. The molecule has 0 saturated carbocycles. The molecule has 0 radical (unpaired) electrons. The van der Waals surface area contributed by atoms with Crippen LogP contribution in [0.3, 0.4) is 0 Å². The minimum atomic E-state index is -1.49. The molecular weight excluding hydrogens is 492 g/mol. The van der Waals surface area contributed by atoms with Crippen LogP contribution in [0, 0.1) is 18.3 Å². The zero-order valence-electron chi connectivity index (χ0n) is 16.2. The van der Waals surface area contributed by atoms with Crippen LogP contribution in [0.4, 0.5) is 0 Å². The summed E-state index contributed by atoms with van der Waals surface area (Å²) in [4.78, 5) is 4.55. The second-order valence-electron chi connectivity index (χ2n) is 6.78. The van der Waals surface area contributed by atoms with Crippen molar-refractivity contribution in [3.63, 3.8) is 0 Å². The van der Waals surface area contributed by atoms with Gasteiger partial charge in [-0.1, -0.05) is 41.6 Å². The summed E-state index contributed by atoms with van der Waals surface area (Å²) in [6, 6.07) is 9.94. The van der Waals surface area contributed by atoms with E-state index in [0.717, 1.165) is 22.9 Å². The molecule has 0 aliphatic carbocycles. The van der Waals surface area contributed by atoms with Crippen LogP contribution in [-0.4, -0.2) is 68.1 Å². The molecule has 2 aromatic rings. The number of ether oxygens (including phenoxy) is 1. The lowest BCUT2D eigenvalue weighted by Crippen LogP contribution is -2.57. The van der Waals surface area contributed by atoms with Gasteiger partial charge in [0.15, 0.2) is 0 Å². The van der Waals surface area contributed by atoms with Crippen molar-refractivity contribution in [3.8, 4) is 17.2 Å². The molecule has 7 nitrogen and oxygen atoms in total. The molecule has 4 N–H and O–H groups in total. The van der Waals surface area contributed by atoms with Gasteiger partial charge in [-0.3, -0.25) is 0 Å². The maximum absolute atomic E-state index is 10.4. The summed E-state index contributed by atoms with van der Waals surface area (Å²) in [5, 5.41) is 50.8. The highest BCUT2D eigenvalue weighted by atomic mass is 79.9. The minimum Gasteiger partial charge on any atom is -0.394 e. The molecule has 1 saturated heterocycles. The van der Waals surface area contributed by atoms with Gasteiger partial charge in [0.2, 0.25) is 0 Å². The van der Waals surface area contributed by atoms with Gasteiger partial charge in [-0.2, -0.15) is 5.26 Å². The van der Waals surface area contributed by atoms with Gasteiger partial charge in [-0.15, -0.1) is 11.8 Å². The number of hydrogen-bond acceptors (Lipinski definition) is 9. The predicted octanol–water partition coefficient (Wildman–Crippen LogP) is 2.31. The summed E-state index contributed by atoms with van der Waals surface area (Å²) in [6.45, 7) is 1.45. The van der Waals surface area contributed by atoms with E-state index >= 15 is 0 Å². The summed E-state index contributed by atoms with van der Waals surface area (Å²) in [5.74, 6) is 0. The largest absolute Gasteiger partial charge is 0.394 e. The van der Waals surface area contributed by atoms with E-state index in [1.807, 2.05) is 37.4 Å². The number of aryl methyl sites for hydroxylation is 1. The van der Waals surface area contributed by atoms with Crippen molar-refractivity contribution in [1.82, 2.24) is 4.98 Å². The summed E-state index contributed by atoms with van der Waals surface area (Å²) < 4.78 is 6.27. The van der Waals surface area contributed by atoms with E-state index in [2.05, 4.69) is 27.0 Å². The molecule has 1 aliphatic rings. The standard InChI is InChI=1S/C20H21BrN2O5S2/c1-9-3-5-10(6-4-9)13-11(7-22)18(23-19(29-2)14(13)21)30-20-17(27)16(26)15(25)12(8-24)28-20/h3-6,12,15-17,20,24-27H,8H2,1-2H3. The Labute approximate surface area is 191 Å². The van der Waals surface area contributed by atoms with Crippen molar-refractivity contribution < 1.29 is 25.2 Å². The number of nitriles is 1. The van der Waals surface area contributed by atoms with Crippen LogP contribution in [-0.2, 0) is 4.74 Å². The van der Waals surface area contributed by atoms with Gasteiger partial charge < -0.3 is 25.2 Å². The molecule has 1 aromatic heterocycles. The molecule has 2 heterocycles.